The minimum Gasteiger partial charge on any atom is -0.493 e. The van der Waals surface area contributed by atoms with Gasteiger partial charge < -0.3 is 10.1 Å². The Hall–Kier alpha value is -1.95. The molecule has 17 heavy (non-hydrogen) atoms. The Balaban J connectivity index is 1.72. The Kier molecular flexibility index (Phi) is 2.71. The zero-order chi connectivity index (χ0) is 11.5. The van der Waals surface area contributed by atoms with Crippen LogP contribution in [0.4, 0.5) is 0 Å². The van der Waals surface area contributed by atoms with Crippen molar-refractivity contribution >= 4 is 0 Å². The summed E-state index contributed by atoms with van der Waals surface area (Å²) in [6.07, 6.45) is 0.953. The first-order chi connectivity index (χ1) is 8.43. The lowest BCUT2D eigenvalue weighted by Crippen LogP contribution is -2.27. The maximum absolute atomic E-state index is 5.60. The topological polar surface area (TPSA) is 75.7 Å². The van der Waals surface area contributed by atoms with Gasteiger partial charge in [-0.2, -0.15) is 5.21 Å². The molecule has 0 aliphatic carbocycles. The van der Waals surface area contributed by atoms with Crippen molar-refractivity contribution in [1.82, 2.24) is 25.9 Å². The molecule has 6 heteroatoms. The van der Waals surface area contributed by atoms with Crippen LogP contribution in [0.25, 0.3) is 0 Å². The normalized spacial score (nSPS) is 18.5. The number of nitrogens with zero attached hydrogens (tertiary/aromatic N) is 3. The summed E-state index contributed by atoms with van der Waals surface area (Å²) < 4.78 is 5.60. The van der Waals surface area contributed by atoms with Crippen molar-refractivity contribution in [3.05, 3.63) is 35.7 Å². The predicted molar refractivity (Wildman–Crippen MR) is 60.3 cm³/mol. The molecule has 0 bridgehead atoms. The minimum atomic E-state index is 0.290. The molecule has 2 N–H and O–H groups in total. The number of para-hydroxylation sites is 1. The predicted octanol–water partition coefficient (Wildman–Crippen LogP) is 0.813. The maximum atomic E-state index is 5.60. The van der Waals surface area contributed by atoms with Gasteiger partial charge in [-0.15, -0.1) is 10.2 Å². The fraction of sp³-hybridized carbons (Fsp3) is 0.364. The third-order valence-electron chi connectivity index (χ3n) is 2.85. The molecule has 1 unspecified atom stereocenters. The van der Waals surface area contributed by atoms with Crippen molar-refractivity contribution in [3.63, 3.8) is 0 Å². The fourth-order valence-corrected chi connectivity index (χ4v) is 2.03. The van der Waals surface area contributed by atoms with Crippen LogP contribution in [0.1, 0.15) is 23.9 Å². The lowest BCUT2D eigenvalue weighted by molar-refractivity contribution is 0.251. The molecule has 2 heterocycles. The summed E-state index contributed by atoms with van der Waals surface area (Å²) in [6.45, 7) is 1.34. The Labute approximate surface area is 98.4 Å². The van der Waals surface area contributed by atoms with E-state index in [1.807, 2.05) is 18.2 Å². The number of rotatable bonds is 3. The van der Waals surface area contributed by atoms with E-state index < -0.39 is 0 Å². The van der Waals surface area contributed by atoms with Gasteiger partial charge in [-0.05, 0) is 6.07 Å². The van der Waals surface area contributed by atoms with Crippen LogP contribution < -0.4 is 10.1 Å². The van der Waals surface area contributed by atoms with Crippen LogP contribution in [0.5, 0.6) is 5.75 Å². The molecule has 0 amide bonds. The zero-order valence-electron chi connectivity index (χ0n) is 9.26. The second-order valence-corrected chi connectivity index (χ2v) is 3.94. The Morgan fingerprint density at radius 2 is 2.35 bits per heavy atom. The molecule has 88 valence electrons. The molecule has 6 nitrogen and oxygen atoms in total. The van der Waals surface area contributed by atoms with Gasteiger partial charge in [-0.3, -0.25) is 0 Å². The van der Waals surface area contributed by atoms with E-state index in [-0.39, 0.29) is 0 Å². The summed E-state index contributed by atoms with van der Waals surface area (Å²) in [7, 11) is 0. The Morgan fingerprint density at radius 1 is 1.41 bits per heavy atom. The van der Waals surface area contributed by atoms with Crippen molar-refractivity contribution in [3.8, 4) is 5.75 Å². The summed E-state index contributed by atoms with van der Waals surface area (Å²) in [5.74, 6) is 1.64. The number of fused-ring (bicyclic) bond motifs is 1. The van der Waals surface area contributed by atoms with Gasteiger partial charge in [0.25, 0.3) is 0 Å². The zero-order valence-corrected chi connectivity index (χ0v) is 9.26. The van der Waals surface area contributed by atoms with Crippen molar-refractivity contribution < 1.29 is 4.74 Å². The number of ether oxygens (including phenoxy) is 1. The Bertz CT molecular complexity index is 484. The van der Waals surface area contributed by atoms with Gasteiger partial charge in [0.2, 0.25) is 0 Å². The first kappa shape index (κ1) is 10.2. The molecule has 0 spiro atoms. The highest BCUT2D eigenvalue weighted by Gasteiger charge is 2.20. The highest BCUT2D eigenvalue weighted by atomic mass is 16.5. The van der Waals surface area contributed by atoms with Crippen molar-refractivity contribution in [2.75, 3.05) is 6.61 Å². The van der Waals surface area contributed by atoms with Crippen LogP contribution >= 0.6 is 0 Å². The van der Waals surface area contributed by atoms with Crippen LogP contribution in [-0.4, -0.2) is 27.2 Å². The van der Waals surface area contributed by atoms with E-state index in [2.05, 4.69) is 32.0 Å². The van der Waals surface area contributed by atoms with Gasteiger partial charge in [-0.25, -0.2) is 0 Å². The number of benzene rings is 1. The molecular formula is C11H13N5O. The molecule has 0 fully saturated rings. The summed E-state index contributed by atoms with van der Waals surface area (Å²) in [6, 6.07) is 8.38. The van der Waals surface area contributed by atoms with Gasteiger partial charge in [0.1, 0.15) is 5.75 Å². The summed E-state index contributed by atoms with van der Waals surface area (Å²) in [5, 5.41) is 17.2. The number of hydrogen-bond acceptors (Lipinski definition) is 5. The highest BCUT2D eigenvalue weighted by Crippen LogP contribution is 2.31. The second kappa shape index (κ2) is 4.50. The van der Waals surface area contributed by atoms with Crippen molar-refractivity contribution in [2.24, 2.45) is 0 Å². The second-order valence-electron chi connectivity index (χ2n) is 3.94. The fourth-order valence-electron chi connectivity index (χ4n) is 2.03. The van der Waals surface area contributed by atoms with Crippen LogP contribution in [0, 0.1) is 0 Å². The summed E-state index contributed by atoms with van der Waals surface area (Å²) >= 11 is 0. The average molecular weight is 231 g/mol. The van der Waals surface area contributed by atoms with Gasteiger partial charge in [-0.1, -0.05) is 23.4 Å². The molecule has 2 aromatic rings. The van der Waals surface area contributed by atoms with Crippen LogP contribution in [0.2, 0.25) is 0 Å². The lowest BCUT2D eigenvalue weighted by atomic mass is 10.0. The Morgan fingerprint density at radius 3 is 3.24 bits per heavy atom. The standard InChI is InChI=1S/C11H13N5O/c1-2-4-10-8(3-1)9(5-6-17-10)12-7-11-13-15-16-14-11/h1-4,9,12H,5-7H2,(H,13,14,15,16). The minimum absolute atomic E-state index is 0.290. The number of tetrazole rings is 1. The van der Waals surface area contributed by atoms with E-state index in [1.54, 1.807) is 0 Å². The SMILES string of the molecule is c1ccc2c(c1)OCCC2NCc1nn[nH]n1. The maximum Gasteiger partial charge on any atom is 0.188 e. The number of H-pyrrole nitrogens is 1. The molecular weight excluding hydrogens is 218 g/mol. The van der Waals surface area contributed by atoms with E-state index >= 15 is 0 Å². The smallest absolute Gasteiger partial charge is 0.188 e. The number of hydrogen-bond donors (Lipinski definition) is 2. The summed E-state index contributed by atoms with van der Waals surface area (Å²) in [4.78, 5) is 0. The number of aromatic amines is 1. The molecule has 3 rings (SSSR count). The number of aromatic nitrogens is 4. The van der Waals surface area contributed by atoms with E-state index in [1.165, 1.54) is 5.56 Å². The van der Waals surface area contributed by atoms with Gasteiger partial charge >= 0.3 is 0 Å². The first-order valence-corrected chi connectivity index (χ1v) is 5.61. The first-order valence-electron chi connectivity index (χ1n) is 5.61. The largest absolute Gasteiger partial charge is 0.493 e. The van der Waals surface area contributed by atoms with Crippen LogP contribution in [0.3, 0.4) is 0 Å². The monoisotopic (exact) mass is 231 g/mol. The van der Waals surface area contributed by atoms with Crippen LogP contribution in [-0.2, 0) is 6.54 Å². The third-order valence-corrected chi connectivity index (χ3v) is 2.85. The van der Waals surface area contributed by atoms with E-state index in [4.69, 9.17) is 4.74 Å². The molecule has 0 radical (unpaired) electrons. The quantitative estimate of drug-likeness (QED) is 0.817. The molecule has 1 aliphatic rings. The van der Waals surface area contributed by atoms with E-state index in [0.717, 1.165) is 18.8 Å². The third kappa shape index (κ3) is 2.12. The van der Waals surface area contributed by atoms with Crippen LogP contribution in [0.15, 0.2) is 24.3 Å². The van der Waals surface area contributed by atoms with Gasteiger partial charge in [0.05, 0.1) is 13.2 Å². The highest BCUT2D eigenvalue weighted by molar-refractivity contribution is 5.37. The van der Waals surface area contributed by atoms with Crippen molar-refractivity contribution in [2.45, 2.75) is 19.0 Å². The van der Waals surface area contributed by atoms with Crippen molar-refractivity contribution in [1.29, 1.82) is 0 Å². The summed E-state index contributed by atoms with van der Waals surface area (Å²) in [5.41, 5.74) is 1.20. The average Bonchev–Trinajstić information content (AvgIpc) is 2.89. The molecule has 0 saturated carbocycles. The molecule has 0 saturated heterocycles. The number of nitrogens with one attached hydrogen (secondary N) is 2. The van der Waals surface area contributed by atoms with Gasteiger partial charge in [0.15, 0.2) is 5.82 Å². The molecule has 1 atom stereocenters. The molecule has 1 aromatic heterocycles. The lowest BCUT2D eigenvalue weighted by Gasteiger charge is -2.26. The molecule has 1 aliphatic heterocycles. The molecule has 1 aromatic carbocycles. The van der Waals surface area contributed by atoms with Gasteiger partial charge in [0, 0.05) is 18.0 Å². The van der Waals surface area contributed by atoms with E-state index in [0.29, 0.717) is 18.4 Å². The van der Waals surface area contributed by atoms with E-state index in [9.17, 15) is 0 Å².